The molecule has 1 aliphatic rings. The van der Waals surface area contributed by atoms with E-state index in [0.29, 0.717) is 6.61 Å². The number of hydrogen-bond donors (Lipinski definition) is 0. The Labute approximate surface area is 106 Å². The second kappa shape index (κ2) is 7.12. The minimum atomic E-state index is -0.311. The number of carbonyl (C=O) groups excluding carboxylic acids is 1. The molecule has 0 spiro atoms. The van der Waals surface area contributed by atoms with Gasteiger partial charge in [-0.3, -0.25) is 9.69 Å². The molecule has 1 rings (SSSR count). The maximum atomic E-state index is 12.3. The second-order valence-electron chi connectivity index (χ2n) is 5.15. The van der Waals surface area contributed by atoms with Crippen molar-refractivity contribution in [2.45, 2.75) is 58.4 Å². The van der Waals surface area contributed by atoms with Gasteiger partial charge in [0, 0.05) is 6.61 Å². The van der Waals surface area contributed by atoms with Crippen LogP contribution < -0.4 is 0 Å². The van der Waals surface area contributed by atoms with Crippen molar-refractivity contribution in [3.05, 3.63) is 0 Å². The van der Waals surface area contributed by atoms with Gasteiger partial charge in [-0.05, 0) is 45.7 Å². The van der Waals surface area contributed by atoms with E-state index < -0.39 is 0 Å². The number of rotatable bonds is 7. The third kappa shape index (κ3) is 3.78. The molecule has 0 radical (unpaired) electrons. The Morgan fingerprint density at radius 1 is 1.24 bits per heavy atom. The molecule has 1 saturated heterocycles. The van der Waals surface area contributed by atoms with Gasteiger partial charge in [-0.1, -0.05) is 20.3 Å². The lowest BCUT2D eigenvalue weighted by Gasteiger charge is -2.41. The molecular formula is C14H27NO2. The zero-order valence-electron chi connectivity index (χ0n) is 11.6. The number of Topliss-reactive ketones (excluding diaryl/α,β-unsaturated/α-hetero) is 1. The van der Waals surface area contributed by atoms with Gasteiger partial charge in [0.1, 0.15) is 6.61 Å². The first kappa shape index (κ1) is 14.7. The zero-order chi connectivity index (χ0) is 12.7. The number of ketones is 1. The quantitative estimate of drug-likeness (QED) is 0.642. The van der Waals surface area contributed by atoms with Gasteiger partial charge in [-0.15, -0.1) is 0 Å². The van der Waals surface area contributed by atoms with E-state index in [0.717, 1.165) is 25.9 Å². The summed E-state index contributed by atoms with van der Waals surface area (Å²) in [6.45, 7) is 9.32. The van der Waals surface area contributed by atoms with Gasteiger partial charge >= 0.3 is 0 Å². The van der Waals surface area contributed by atoms with E-state index in [1.807, 2.05) is 0 Å². The smallest absolute Gasteiger partial charge is 0.178 e. The average molecular weight is 241 g/mol. The van der Waals surface area contributed by atoms with E-state index in [4.69, 9.17) is 4.74 Å². The maximum absolute atomic E-state index is 12.3. The van der Waals surface area contributed by atoms with Crippen LogP contribution in [0.2, 0.25) is 0 Å². The van der Waals surface area contributed by atoms with Crippen LogP contribution in [-0.2, 0) is 9.53 Å². The summed E-state index contributed by atoms with van der Waals surface area (Å²) in [5.41, 5.74) is -0.311. The molecule has 1 unspecified atom stereocenters. The van der Waals surface area contributed by atoms with Crippen molar-refractivity contribution in [1.82, 2.24) is 4.90 Å². The summed E-state index contributed by atoms with van der Waals surface area (Å²) in [5, 5.41) is 0. The van der Waals surface area contributed by atoms with Gasteiger partial charge in [0.2, 0.25) is 0 Å². The zero-order valence-corrected chi connectivity index (χ0v) is 11.6. The Balaban J connectivity index is 2.55. The van der Waals surface area contributed by atoms with E-state index in [1.165, 1.54) is 19.3 Å². The SMILES string of the molecule is CCCOCC(=O)C(C)(CC)N1CCCCC1. The van der Waals surface area contributed by atoms with Crippen LogP contribution in [-0.4, -0.2) is 42.5 Å². The summed E-state index contributed by atoms with van der Waals surface area (Å²) in [7, 11) is 0. The highest BCUT2D eigenvalue weighted by Crippen LogP contribution is 2.25. The van der Waals surface area contributed by atoms with Crippen LogP contribution >= 0.6 is 0 Å². The summed E-state index contributed by atoms with van der Waals surface area (Å²) < 4.78 is 5.41. The Morgan fingerprint density at radius 3 is 2.41 bits per heavy atom. The lowest BCUT2D eigenvalue weighted by Crippen LogP contribution is -2.55. The topological polar surface area (TPSA) is 29.5 Å². The van der Waals surface area contributed by atoms with Crippen molar-refractivity contribution in [3.63, 3.8) is 0 Å². The van der Waals surface area contributed by atoms with Gasteiger partial charge in [-0.25, -0.2) is 0 Å². The predicted octanol–water partition coefficient (Wildman–Crippen LogP) is 2.64. The van der Waals surface area contributed by atoms with E-state index in [1.54, 1.807) is 0 Å². The van der Waals surface area contributed by atoms with Crippen molar-refractivity contribution in [3.8, 4) is 0 Å². The molecule has 17 heavy (non-hydrogen) atoms. The number of nitrogens with zero attached hydrogens (tertiary/aromatic N) is 1. The second-order valence-corrected chi connectivity index (χ2v) is 5.15. The molecule has 0 aliphatic carbocycles. The van der Waals surface area contributed by atoms with E-state index in [-0.39, 0.29) is 17.9 Å². The molecule has 0 saturated carbocycles. The molecule has 0 N–H and O–H groups in total. The van der Waals surface area contributed by atoms with Crippen LogP contribution in [0.15, 0.2) is 0 Å². The van der Waals surface area contributed by atoms with E-state index in [2.05, 4.69) is 25.7 Å². The lowest BCUT2D eigenvalue weighted by molar-refractivity contribution is -0.136. The highest BCUT2D eigenvalue weighted by molar-refractivity contribution is 5.89. The molecule has 1 atom stereocenters. The van der Waals surface area contributed by atoms with Crippen LogP contribution in [0, 0.1) is 0 Å². The fraction of sp³-hybridized carbons (Fsp3) is 0.929. The first-order chi connectivity index (χ1) is 8.15. The van der Waals surface area contributed by atoms with Crippen LogP contribution in [0.1, 0.15) is 52.9 Å². The molecule has 0 bridgehead atoms. The third-order valence-corrected chi connectivity index (χ3v) is 3.92. The van der Waals surface area contributed by atoms with Gasteiger partial charge in [0.15, 0.2) is 5.78 Å². The lowest BCUT2D eigenvalue weighted by atomic mass is 9.89. The van der Waals surface area contributed by atoms with Gasteiger partial charge < -0.3 is 4.74 Å². The Bertz CT molecular complexity index is 236. The van der Waals surface area contributed by atoms with Gasteiger partial charge in [0.25, 0.3) is 0 Å². The van der Waals surface area contributed by atoms with E-state index >= 15 is 0 Å². The molecule has 3 heteroatoms. The molecule has 100 valence electrons. The van der Waals surface area contributed by atoms with Crippen molar-refractivity contribution in [2.75, 3.05) is 26.3 Å². The number of hydrogen-bond acceptors (Lipinski definition) is 3. The molecule has 0 aromatic heterocycles. The molecular weight excluding hydrogens is 214 g/mol. The molecule has 3 nitrogen and oxygen atoms in total. The minimum absolute atomic E-state index is 0.246. The maximum Gasteiger partial charge on any atom is 0.178 e. The van der Waals surface area contributed by atoms with Crippen LogP contribution in [0.5, 0.6) is 0 Å². The first-order valence-electron chi connectivity index (χ1n) is 7.01. The number of likely N-dealkylation sites (tertiary alicyclic amines) is 1. The highest BCUT2D eigenvalue weighted by atomic mass is 16.5. The Kier molecular flexibility index (Phi) is 6.14. The van der Waals surface area contributed by atoms with Crippen molar-refractivity contribution < 1.29 is 9.53 Å². The summed E-state index contributed by atoms with van der Waals surface area (Å²) in [6, 6.07) is 0. The van der Waals surface area contributed by atoms with Crippen LogP contribution in [0.3, 0.4) is 0 Å². The summed E-state index contributed by atoms with van der Waals surface area (Å²) in [6.07, 6.45) is 5.59. The Morgan fingerprint density at radius 2 is 1.88 bits per heavy atom. The number of ether oxygens (including phenoxy) is 1. The molecule has 0 amide bonds. The standard InChI is InChI=1S/C14H27NO2/c1-4-11-17-12-13(16)14(3,5-2)15-9-7-6-8-10-15/h4-12H2,1-3H3. The first-order valence-corrected chi connectivity index (χ1v) is 7.01. The van der Waals surface area contributed by atoms with Gasteiger partial charge in [-0.2, -0.15) is 0 Å². The average Bonchev–Trinajstić information content (AvgIpc) is 2.39. The molecule has 1 fully saturated rings. The van der Waals surface area contributed by atoms with Crippen molar-refractivity contribution in [2.24, 2.45) is 0 Å². The highest BCUT2D eigenvalue weighted by Gasteiger charge is 2.37. The Hall–Kier alpha value is -0.410. The molecule has 1 heterocycles. The summed E-state index contributed by atoms with van der Waals surface area (Å²) >= 11 is 0. The normalized spacial score (nSPS) is 21.1. The molecule has 1 aliphatic heterocycles. The third-order valence-electron chi connectivity index (χ3n) is 3.92. The van der Waals surface area contributed by atoms with Crippen LogP contribution in [0.25, 0.3) is 0 Å². The van der Waals surface area contributed by atoms with Crippen molar-refractivity contribution in [1.29, 1.82) is 0 Å². The minimum Gasteiger partial charge on any atom is -0.374 e. The molecule has 0 aromatic carbocycles. The number of carbonyl (C=O) groups is 1. The van der Waals surface area contributed by atoms with E-state index in [9.17, 15) is 4.79 Å². The summed E-state index contributed by atoms with van der Waals surface area (Å²) in [5.74, 6) is 0.246. The van der Waals surface area contributed by atoms with Crippen LogP contribution in [0.4, 0.5) is 0 Å². The molecule has 0 aromatic rings. The fourth-order valence-electron chi connectivity index (χ4n) is 2.45. The van der Waals surface area contributed by atoms with Crippen molar-refractivity contribution >= 4 is 5.78 Å². The largest absolute Gasteiger partial charge is 0.374 e. The predicted molar refractivity (Wildman–Crippen MR) is 70.2 cm³/mol. The van der Waals surface area contributed by atoms with Gasteiger partial charge in [0.05, 0.1) is 5.54 Å². The fourth-order valence-corrected chi connectivity index (χ4v) is 2.45. The number of piperidine rings is 1. The summed E-state index contributed by atoms with van der Waals surface area (Å²) in [4.78, 5) is 14.7. The monoisotopic (exact) mass is 241 g/mol.